The second-order valence-corrected chi connectivity index (χ2v) is 5.39. The Morgan fingerprint density at radius 1 is 1.50 bits per heavy atom. The lowest BCUT2D eigenvalue weighted by atomic mass is 10.2. The molecule has 2 rings (SSSR count). The minimum atomic E-state index is -0.603. The van der Waals surface area contributed by atoms with Gasteiger partial charge in [-0.15, -0.1) is 11.3 Å². The van der Waals surface area contributed by atoms with E-state index in [4.69, 9.17) is 0 Å². The molecule has 7 heteroatoms. The molecule has 1 aromatic heterocycles. The number of nitro groups is 1. The summed E-state index contributed by atoms with van der Waals surface area (Å²) in [5, 5.41) is 16.8. The molecule has 1 N–H and O–H groups in total. The van der Waals surface area contributed by atoms with Crippen molar-refractivity contribution in [3.8, 4) is 0 Å². The molecule has 1 aromatic carbocycles. The molecule has 0 saturated carbocycles. The van der Waals surface area contributed by atoms with Gasteiger partial charge < -0.3 is 5.32 Å². The average Bonchev–Trinajstić information content (AvgIpc) is 2.82. The number of nitro benzene ring substituents is 1. The summed E-state index contributed by atoms with van der Waals surface area (Å²) in [6.07, 6.45) is 0. The maximum absolute atomic E-state index is 13.3. The van der Waals surface area contributed by atoms with E-state index in [2.05, 4.69) is 10.3 Å². The van der Waals surface area contributed by atoms with Crippen molar-refractivity contribution in [1.29, 1.82) is 0 Å². The van der Waals surface area contributed by atoms with Crippen molar-refractivity contribution in [3.63, 3.8) is 0 Å². The summed E-state index contributed by atoms with van der Waals surface area (Å²) in [4.78, 5) is 14.4. The number of aromatic nitrogens is 1. The lowest BCUT2D eigenvalue weighted by Gasteiger charge is -2.11. The van der Waals surface area contributed by atoms with Gasteiger partial charge in [0, 0.05) is 23.7 Å². The molecular formula is C13H14FN3O2S. The molecule has 1 atom stereocenters. The quantitative estimate of drug-likeness (QED) is 0.678. The van der Waals surface area contributed by atoms with Crippen LogP contribution in [0.15, 0.2) is 23.6 Å². The first-order valence-corrected chi connectivity index (χ1v) is 6.93. The molecule has 0 aliphatic heterocycles. The Morgan fingerprint density at radius 2 is 2.25 bits per heavy atom. The highest BCUT2D eigenvalue weighted by Crippen LogP contribution is 2.20. The first-order valence-electron chi connectivity index (χ1n) is 6.05. The number of non-ortho nitro benzene ring substituents is 1. The monoisotopic (exact) mass is 295 g/mol. The molecule has 0 fully saturated rings. The fraction of sp³-hybridized carbons (Fsp3) is 0.308. The van der Waals surface area contributed by atoms with Gasteiger partial charge in [-0.25, -0.2) is 9.37 Å². The number of nitrogens with one attached hydrogen (secondary N) is 1. The summed E-state index contributed by atoms with van der Waals surface area (Å²) in [5.41, 5.74) is 1.26. The van der Waals surface area contributed by atoms with Crippen molar-refractivity contribution in [1.82, 2.24) is 10.3 Å². The summed E-state index contributed by atoms with van der Waals surface area (Å²) < 4.78 is 13.3. The van der Waals surface area contributed by atoms with Gasteiger partial charge in [-0.05, 0) is 25.5 Å². The van der Waals surface area contributed by atoms with Crippen molar-refractivity contribution >= 4 is 17.0 Å². The molecule has 20 heavy (non-hydrogen) atoms. The molecule has 0 bridgehead atoms. The second-order valence-electron chi connectivity index (χ2n) is 4.50. The van der Waals surface area contributed by atoms with E-state index in [-0.39, 0.29) is 11.7 Å². The Bertz CT molecular complexity index is 630. The Hall–Kier alpha value is -1.86. The molecule has 5 nitrogen and oxygen atoms in total. The first-order chi connectivity index (χ1) is 9.45. The van der Waals surface area contributed by atoms with Gasteiger partial charge in [0.2, 0.25) is 0 Å². The third-order valence-electron chi connectivity index (χ3n) is 2.77. The van der Waals surface area contributed by atoms with E-state index in [9.17, 15) is 14.5 Å². The van der Waals surface area contributed by atoms with E-state index >= 15 is 0 Å². The SMILES string of the molecule is Cc1csc(C(C)NCc2cc(F)cc([N+](=O)[O-])c2)n1. The number of nitrogens with zero attached hydrogens (tertiary/aromatic N) is 2. The summed E-state index contributed by atoms with van der Waals surface area (Å²) >= 11 is 1.55. The van der Waals surface area contributed by atoms with Crippen molar-refractivity contribution in [3.05, 3.63) is 55.8 Å². The molecular weight excluding hydrogens is 281 g/mol. The molecule has 0 aliphatic carbocycles. The van der Waals surface area contributed by atoms with Crippen molar-refractivity contribution in [2.45, 2.75) is 26.4 Å². The van der Waals surface area contributed by atoms with Crippen LogP contribution < -0.4 is 5.32 Å². The van der Waals surface area contributed by atoms with Crippen molar-refractivity contribution < 1.29 is 9.31 Å². The maximum atomic E-state index is 13.3. The molecule has 0 spiro atoms. The topological polar surface area (TPSA) is 68.1 Å². The second kappa shape index (κ2) is 6.06. The zero-order valence-corrected chi connectivity index (χ0v) is 11.9. The number of hydrogen-bond donors (Lipinski definition) is 1. The highest BCUT2D eigenvalue weighted by atomic mass is 32.1. The molecule has 1 unspecified atom stereocenters. The average molecular weight is 295 g/mol. The molecule has 0 saturated heterocycles. The van der Waals surface area contributed by atoms with Gasteiger partial charge in [-0.1, -0.05) is 0 Å². The number of hydrogen-bond acceptors (Lipinski definition) is 5. The van der Waals surface area contributed by atoms with Crippen LogP contribution in [-0.2, 0) is 6.54 Å². The van der Waals surface area contributed by atoms with Crippen LogP contribution in [0.3, 0.4) is 0 Å². The van der Waals surface area contributed by atoms with Gasteiger partial charge in [0.05, 0.1) is 17.0 Å². The Balaban J connectivity index is 2.05. The zero-order chi connectivity index (χ0) is 14.7. The Labute approximate surface area is 119 Å². The van der Waals surface area contributed by atoms with Crippen LogP contribution in [0.4, 0.5) is 10.1 Å². The predicted molar refractivity (Wildman–Crippen MR) is 75.2 cm³/mol. The van der Waals surface area contributed by atoms with Crippen LogP contribution in [-0.4, -0.2) is 9.91 Å². The minimum Gasteiger partial charge on any atom is -0.304 e. The fourth-order valence-electron chi connectivity index (χ4n) is 1.77. The summed E-state index contributed by atoms with van der Waals surface area (Å²) in [6, 6.07) is 3.59. The lowest BCUT2D eigenvalue weighted by molar-refractivity contribution is -0.385. The Morgan fingerprint density at radius 3 is 2.85 bits per heavy atom. The summed E-state index contributed by atoms with van der Waals surface area (Å²) in [7, 11) is 0. The van der Waals surface area contributed by atoms with Crippen LogP contribution in [0.2, 0.25) is 0 Å². The molecule has 2 aromatic rings. The molecule has 0 amide bonds. The van der Waals surface area contributed by atoms with Crippen LogP contribution in [0.25, 0.3) is 0 Å². The lowest BCUT2D eigenvalue weighted by Crippen LogP contribution is -2.18. The van der Waals surface area contributed by atoms with E-state index in [1.807, 2.05) is 19.2 Å². The number of aryl methyl sites for hydroxylation is 1. The fourth-order valence-corrected chi connectivity index (χ4v) is 2.60. The van der Waals surface area contributed by atoms with E-state index in [1.54, 1.807) is 11.3 Å². The molecule has 0 aliphatic rings. The smallest absolute Gasteiger partial charge is 0.272 e. The third kappa shape index (κ3) is 3.58. The zero-order valence-electron chi connectivity index (χ0n) is 11.1. The molecule has 1 heterocycles. The van der Waals surface area contributed by atoms with Crippen molar-refractivity contribution in [2.75, 3.05) is 0 Å². The highest BCUT2D eigenvalue weighted by molar-refractivity contribution is 7.09. The van der Waals surface area contributed by atoms with Gasteiger partial charge in [-0.3, -0.25) is 10.1 Å². The molecule has 0 radical (unpaired) electrons. The van der Waals surface area contributed by atoms with E-state index < -0.39 is 10.7 Å². The van der Waals surface area contributed by atoms with Crippen LogP contribution in [0.5, 0.6) is 0 Å². The van der Waals surface area contributed by atoms with Gasteiger partial charge in [0.25, 0.3) is 5.69 Å². The largest absolute Gasteiger partial charge is 0.304 e. The summed E-state index contributed by atoms with van der Waals surface area (Å²) in [5.74, 6) is -0.603. The first kappa shape index (κ1) is 14.5. The Kier molecular flexibility index (Phi) is 4.41. The van der Waals surface area contributed by atoms with E-state index in [1.165, 1.54) is 12.1 Å². The molecule has 106 valence electrons. The number of thiazole rings is 1. The van der Waals surface area contributed by atoms with Gasteiger partial charge >= 0.3 is 0 Å². The standard InChI is InChI=1S/C13H14FN3O2S/c1-8-7-20-13(16-8)9(2)15-6-10-3-11(14)5-12(4-10)17(18)19/h3-5,7,9,15H,6H2,1-2H3. The highest BCUT2D eigenvalue weighted by Gasteiger charge is 2.12. The predicted octanol–water partition coefficient (Wildman–Crippen LogP) is 3.35. The van der Waals surface area contributed by atoms with E-state index in [0.29, 0.717) is 12.1 Å². The van der Waals surface area contributed by atoms with Crippen LogP contribution >= 0.6 is 11.3 Å². The van der Waals surface area contributed by atoms with Crippen LogP contribution in [0.1, 0.15) is 29.2 Å². The van der Waals surface area contributed by atoms with Gasteiger partial charge in [0.1, 0.15) is 10.8 Å². The minimum absolute atomic E-state index is 0.0102. The maximum Gasteiger partial charge on any atom is 0.272 e. The van der Waals surface area contributed by atoms with E-state index in [0.717, 1.165) is 16.8 Å². The third-order valence-corrected chi connectivity index (χ3v) is 3.92. The number of rotatable bonds is 5. The van der Waals surface area contributed by atoms with Gasteiger partial charge in [0.15, 0.2) is 0 Å². The van der Waals surface area contributed by atoms with Crippen molar-refractivity contribution in [2.24, 2.45) is 0 Å². The summed E-state index contributed by atoms with van der Waals surface area (Å²) in [6.45, 7) is 4.22. The van der Waals surface area contributed by atoms with Crippen LogP contribution in [0, 0.1) is 22.9 Å². The number of halogens is 1. The number of benzene rings is 1. The van der Waals surface area contributed by atoms with Gasteiger partial charge in [-0.2, -0.15) is 0 Å². The normalized spacial score (nSPS) is 12.3.